The predicted molar refractivity (Wildman–Crippen MR) is 62.3 cm³/mol. The number of hydrogen-bond donors (Lipinski definition) is 1. The minimum Gasteiger partial charge on any atom is -0.328 e. The summed E-state index contributed by atoms with van der Waals surface area (Å²) in [6.45, 7) is 7.95. The van der Waals surface area contributed by atoms with Gasteiger partial charge in [0.1, 0.15) is 0 Å². The van der Waals surface area contributed by atoms with Crippen LogP contribution >= 0.6 is 0 Å². The first-order valence-corrected chi connectivity index (χ1v) is 5.84. The zero-order valence-corrected chi connectivity index (χ0v) is 10.2. The second-order valence-corrected chi connectivity index (χ2v) is 6.03. The molecule has 1 saturated carbocycles. The van der Waals surface area contributed by atoms with Crippen LogP contribution < -0.4 is 5.73 Å². The van der Waals surface area contributed by atoms with Crippen LogP contribution in [0.4, 0.5) is 0 Å². The molecule has 84 valence electrons. The number of nitrogens with zero attached hydrogens (tertiary/aromatic N) is 1. The van der Waals surface area contributed by atoms with E-state index in [0.29, 0.717) is 11.5 Å². The van der Waals surface area contributed by atoms with Crippen molar-refractivity contribution in [1.82, 2.24) is 4.90 Å². The summed E-state index contributed by atoms with van der Waals surface area (Å²) in [5.41, 5.74) is 6.47. The molecule has 0 radical (unpaired) electrons. The van der Waals surface area contributed by atoms with Crippen LogP contribution in [0, 0.1) is 5.41 Å². The molecule has 0 heterocycles. The zero-order chi connectivity index (χ0) is 10.8. The topological polar surface area (TPSA) is 29.3 Å². The molecule has 14 heavy (non-hydrogen) atoms. The molecule has 2 heteroatoms. The van der Waals surface area contributed by atoms with Gasteiger partial charge in [-0.2, -0.15) is 0 Å². The van der Waals surface area contributed by atoms with Gasteiger partial charge in [0, 0.05) is 12.1 Å². The van der Waals surface area contributed by atoms with E-state index in [9.17, 15) is 0 Å². The molecular formula is C12H26N2. The molecule has 0 aliphatic heterocycles. The maximum absolute atomic E-state index is 6.10. The summed E-state index contributed by atoms with van der Waals surface area (Å²) in [7, 11) is 2.22. The normalized spacial score (nSPS) is 20.1. The molecule has 2 nitrogen and oxygen atoms in total. The molecule has 2 N–H and O–H groups in total. The lowest BCUT2D eigenvalue weighted by Gasteiger charge is -2.25. The first-order valence-electron chi connectivity index (χ1n) is 5.84. The highest BCUT2D eigenvalue weighted by atomic mass is 15.1. The van der Waals surface area contributed by atoms with Gasteiger partial charge in [0.05, 0.1) is 0 Å². The monoisotopic (exact) mass is 198 g/mol. The molecule has 1 rings (SSSR count). The second kappa shape index (κ2) is 4.63. The van der Waals surface area contributed by atoms with Crippen LogP contribution in [-0.2, 0) is 0 Å². The van der Waals surface area contributed by atoms with Crippen molar-refractivity contribution in [3.8, 4) is 0 Å². The van der Waals surface area contributed by atoms with Crippen LogP contribution in [0.25, 0.3) is 0 Å². The molecule has 1 aliphatic rings. The van der Waals surface area contributed by atoms with E-state index >= 15 is 0 Å². The first kappa shape index (κ1) is 12.0. The molecule has 0 aromatic rings. The molecule has 0 aromatic heterocycles. The third kappa shape index (κ3) is 4.97. The molecule has 1 atom stereocenters. The van der Waals surface area contributed by atoms with E-state index in [1.54, 1.807) is 0 Å². The summed E-state index contributed by atoms with van der Waals surface area (Å²) in [6, 6.07) is 1.24. The maximum Gasteiger partial charge on any atom is 0.00933 e. The highest BCUT2D eigenvalue weighted by Crippen LogP contribution is 2.26. The van der Waals surface area contributed by atoms with Gasteiger partial charge in [0.15, 0.2) is 0 Å². The van der Waals surface area contributed by atoms with Gasteiger partial charge in [-0.05, 0) is 44.7 Å². The Kier molecular flexibility index (Phi) is 3.96. The Morgan fingerprint density at radius 1 is 1.36 bits per heavy atom. The first-order chi connectivity index (χ1) is 6.38. The van der Waals surface area contributed by atoms with Crippen molar-refractivity contribution >= 4 is 0 Å². The molecule has 0 saturated heterocycles. The fraction of sp³-hybridized carbons (Fsp3) is 1.00. The van der Waals surface area contributed by atoms with E-state index in [4.69, 9.17) is 5.73 Å². The highest BCUT2D eigenvalue weighted by Gasteiger charge is 2.26. The van der Waals surface area contributed by atoms with Gasteiger partial charge < -0.3 is 10.6 Å². The van der Waals surface area contributed by atoms with Gasteiger partial charge in [0.25, 0.3) is 0 Å². The lowest BCUT2D eigenvalue weighted by Crippen LogP contribution is -2.32. The summed E-state index contributed by atoms with van der Waals surface area (Å²) < 4.78 is 0. The van der Waals surface area contributed by atoms with Gasteiger partial charge in [0.2, 0.25) is 0 Å². The predicted octanol–water partition coefficient (Wildman–Crippen LogP) is 2.23. The number of rotatable bonds is 5. The van der Waals surface area contributed by atoms with Crippen LogP contribution in [0.15, 0.2) is 0 Å². The van der Waals surface area contributed by atoms with E-state index in [1.165, 1.54) is 19.4 Å². The van der Waals surface area contributed by atoms with E-state index < -0.39 is 0 Å². The minimum absolute atomic E-state index is 0.371. The average molecular weight is 198 g/mol. The summed E-state index contributed by atoms with van der Waals surface area (Å²) >= 11 is 0. The minimum atomic E-state index is 0.371. The third-order valence-electron chi connectivity index (χ3n) is 2.90. The van der Waals surface area contributed by atoms with Gasteiger partial charge in [-0.3, -0.25) is 0 Å². The van der Waals surface area contributed by atoms with Crippen molar-refractivity contribution in [2.24, 2.45) is 11.1 Å². The Balaban J connectivity index is 2.10. The Morgan fingerprint density at radius 3 is 2.36 bits per heavy atom. The molecular weight excluding hydrogens is 172 g/mol. The Bertz CT molecular complexity index is 168. The van der Waals surface area contributed by atoms with Crippen LogP contribution in [0.3, 0.4) is 0 Å². The zero-order valence-electron chi connectivity index (χ0n) is 10.2. The van der Waals surface area contributed by atoms with Crippen molar-refractivity contribution in [3.63, 3.8) is 0 Å². The molecule has 1 fully saturated rings. The number of nitrogens with two attached hydrogens (primary N) is 1. The summed E-state index contributed by atoms with van der Waals surface area (Å²) in [5, 5.41) is 0. The number of hydrogen-bond acceptors (Lipinski definition) is 2. The van der Waals surface area contributed by atoms with Crippen molar-refractivity contribution < 1.29 is 0 Å². The molecule has 0 spiro atoms. The van der Waals surface area contributed by atoms with Gasteiger partial charge in [-0.25, -0.2) is 0 Å². The summed E-state index contributed by atoms with van der Waals surface area (Å²) in [5.74, 6) is 0. The van der Waals surface area contributed by atoms with Gasteiger partial charge in [-0.1, -0.05) is 20.8 Å². The van der Waals surface area contributed by atoms with Gasteiger partial charge in [-0.15, -0.1) is 0 Å². The fourth-order valence-corrected chi connectivity index (χ4v) is 1.96. The average Bonchev–Trinajstić information content (AvgIpc) is 2.78. The van der Waals surface area contributed by atoms with E-state index in [1.807, 2.05) is 0 Å². The Hall–Kier alpha value is -0.0800. The molecule has 1 unspecified atom stereocenters. The molecule has 0 bridgehead atoms. The fourth-order valence-electron chi connectivity index (χ4n) is 1.96. The lowest BCUT2D eigenvalue weighted by molar-refractivity contribution is 0.277. The molecule has 0 aromatic carbocycles. The van der Waals surface area contributed by atoms with Crippen molar-refractivity contribution in [3.05, 3.63) is 0 Å². The Labute approximate surface area is 88.8 Å². The largest absolute Gasteiger partial charge is 0.328 e. The quantitative estimate of drug-likeness (QED) is 0.734. The highest BCUT2D eigenvalue weighted by molar-refractivity contribution is 4.83. The summed E-state index contributed by atoms with van der Waals surface area (Å²) in [4.78, 5) is 2.46. The van der Waals surface area contributed by atoms with Gasteiger partial charge >= 0.3 is 0 Å². The SMILES string of the molecule is CN(CCC(N)CC(C)(C)C)C1CC1. The molecule has 1 aliphatic carbocycles. The standard InChI is InChI=1S/C12H26N2/c1-12(2,3)9-10(13)7-8-14(4)11-5-6-11/h10-11H,5-9,13H2,1-4H3. The third-order valence-corrected chi connectivity index (χ3v) is 2.90. The smallest absolute Gasteiger partial charge is 0.00933 e. The van der Waals surface area contributed by atoms with Crippen LogP contribution in [-0.4, -0.2) is 30.6 Å². The van der Waals surface area contributed by atoms with E-state index in [-0.39, 0.29) is 0 Å². The second-order valence-electron chi connectivity index (χ2n) is 6.03. The lowest BCUT2D eigenvalue weighted by atomic mass is 9.87. The maximum atomic E-state index is 6.10. The van der Waals surface area contributed by atoms with Crippen LogP contribution in [0.5, 0.6) is 0 Å². The van der Waals surface area contributed by atoms with Crippen molar-refractivity contribution in [2.45, 2.75) is 58.5 Å². The van der Waals surface area contributed by atoms with Crippen molar-refractivity contribution in [1.29, 1.82) is 0 Å². The van der Waals surface area contributed by atoms with E-state index in [0.717, 1.165) is 18.9 Å². The Morgan fingerprint density at radius 2 is 1.93 bits per heavy atom. The molecule has 0 amide bonds. The van der Waals surface area contributed by atoms with Crippen LogP contribution in [0.2, 0.25) is 0 Å². The van der Waals surface area contributed by atoms with E-state index in [2.05, 4.69) is 32.7 Å². The van der Waals surface area contributed by atoms with Crippen molar-refractivity contribution in [2.75, 3.05) is 13.6 Å². The van der Waals surface area contributed by atoms with Crippen LogP contribution in [0.1, 0.15) is 46.5 Å². The summed E-state index contributed by atoms with van der Waals surface area (Å²) in [6.07, 6.45) is 5.06.